The summed E-state index contributed by atoms with van der Waals surface area (Å²) in [5.41, 5.74) is 3.88. The lowest BCUT2D eigenvalue weighted by molar-refractivity contribution is -0.671. The second-order valence-electron chi connectivity index (χ2n) is 11.7. The second kappa shape index (κ2) is 9.64. The fraction of sp³-hybridized carbons (Fsp3) is 0.438. The lowest BCUT2D eigenvalue weighted by atomic mass is 9.55. The van der Waals surface area contributed by atoms with Crippen LogP contribution in [0.4, 0.5) is 0 Å². The third-order valence-electron chi connectivity index (χ3n) is 9.42. The predicted molar refractivity (Wildman–Crippen MR) is 140 cm³/mol. The number of esters is 2. The van der Waals surface area contributed by atoms with Gasteiger partial charge in [-0.1, -0.05) is 13.0 Å². The van der Waals surface area contributed by atoms with Gasteiger partial charge < -0.3 is 9.47 Å². The Morgan fingerprint density at radius 3 is 2.32 bits per heavy atom. The Bertz CT molecular complexity index is 1400. The molecule has 6 heteroatoms. The lowest BCUT2D eigenvalue weighted by Crippen LogP contribution is -2.45. The summed E-state index contributed by atoms with van der Waals surface area (Å²) in [6.45, 7) is 2.35. The van der Waals surface area contributed by atoms with Crippen molar-refractivity contribution in [3.05, 3.63) is 89.5 Å². The quantitative estimate of drug-likeness (QED) is 0.290. The van der Waals surface area contributed by atoms with Crippen LogP contribution in [0.2, 0.25) is 0 Å². The van der Waals surface area contributed by atoms with Crippen LogP contribution in [-0.4, -0.2) is 18.0 Å². The van der Waals surface area contributed by atoms with Crippen LogP contribution in [0.15, 0.2) is 67.3 Å². The van der Waals surface area contributed by atoms with E-state index >= 15 is 0 Å². The fourth-order valence-electron chi connectivity index (χ4n) is 7.55. The molecule has 0 radical (unpaired) electrons. The van der Waals surface area contributed by atoms with E-state index in [1.807, 2.05) is 66.1 Å². The van der Waals surface area contributed by atoms with Gasteiger partial charge in [0.2, 0.25) is 0 Å². The molecule has 0 amide bonds. The van der Waals surface area contributed by atoms with Crippen molar-refractivity contribution in [2.75, 3.05) is 0 Å². The molecule has 3 aliphatic carbocycles. The van der Waals surface area contributed by atoms with Crippen molar-refractivity contribution in [2.45, 2.75) is 57.5 Å². The van der Waals surface area contributed by atoms with E-state index in [9.17, 15) is 9.59 Å². The van der Waals surface area contributed by atoms with Gasteiger partial charge in [0.1, 0.15) is 37.1 Å². The summed E-state index contributed by atoms with van der Waals surface area (Å²) in [6.07, 6.45) is 13.7. The molecule has 6 rings (SSSR count). The largest absolute Gasteiger partial charge is 0.458 e. The molecule has 2 fully saturated rings. The fourth-order valence-corrected chi connectivity index (χ4v) is 7.55. The van der Waals surface area contributed by atoms with Crippen LogP contribution in [0.1, 0.15) is 76.8 Å². The van der Waals surface area contributed by atoms with Crippen molar-refractivity contribution < 1.29 is 28.2 Å². The molecule has 0 saturated heterocycles. The Morgan fingerprint density at radius 2 is 1.61 bits per heavy atom. The zero-order chi connectivity index (χ0) is 26.4. The normalized spacial score (nSPS) is 27.6. The first-order valence-electron chi connectivity index (χ1n) is 13.8. The number of aryl methyl sites for hydroxylation is 3. The maximum absolute atomic E-state index is 13.0. The molecule has 6 nitrogen and oxygen atoms in total. The van der Waals surface area contributed by atoms with Gasteiger partial charge in [0.15, 0.2) is 24.8 Å². The highest BCUT2D eigenvalue weighted by Gasteiger charge is 2.56. The minimum atomic E-state index is -0.334. The number of rotatable bonds is 4. The SMILES string of the molecule is C[n+]1cccc(C(=O)Oc2ccc3c(c2)CC[C@@H]2[C@@H]3CC[C@]3(C)[C@@H](OC(=O)c4ccc[n+](C)c4)CC[C@@H]23)c1. The topological polar surface area (TPSA) is 60.4 Å². The Morgan fingerprint density at radius 1 is 0.895 bits per heavy atom. The minimum absolute atomic E-state index is 0.0204. The van der Waals surface area contributed by atoms with Crippen LogP contribution >= 0.6 is 0 Å². The number of hydrogen-bond donors (Lipinski definition) is 0. The molecule has 2 saturated carbocycles. The Labute approximate surface area is 224 Å². The number of carbonyl (C=O) groups is 2. The van der Waals surface area contributed by atoms with Gasteiger partial charge in [-0.25, -0.2) is 18.7 Å². The van der Waals surface area contributed by atoms with Crippen molar-refractivity contribution in [3.8, 4) is 5.75 Å². The number of pyridine rings is 2. The number of ether oxygens (including phenoxy) is 2. The molecule has 1 aromatic carbocycles. The van der Waals surface area contributed by atoms with E-state index in [0.29, 0.717) is 34.6 Å². The molecule has 0 aliphatic heterocycles. The van der Waals surface area contributed by atoms with E-state index in [1.165, 1.54) is 11.1 Å². The molecule has 38 heavy (non-hydrogen) atoms. The average molecular weight is 513 g/mol. The van der Waals surface area contributed by atoms with Crippen molar-refractivity contribution in [1.29, 1.82) is 0 Å². The number of fused-ring (bicyclic) bond motifs is 5. The van der Waals surface area contributed by atoms with Crippen molar-refractivity contribution in [3.63, 3.8) is 0 Å². The van der Waals surface area contributed by atoms with Gasteiger partial charge in [0.05, 0.1) is 0 Å². The molecule has 2 aromatic heterocycles. The number of benzene rings is 1. The summed E-state index contributed by atoms with van der Waals surface area (Å²) in [5.74, 6) is 1.72. The summed E-state index contributed by atoms with van der Waals surface area (Å²) in [6, 6.07) is 13.5. The highest BCUT2D eigenvalue weighted by Crippen LogP contribution is 2.61. The van der Waals surface area contributed by atoms with E-state index in [1.54, 1.807) is 12.3 Å². The van der Waals surface area contributed by atoms with Gasteiger partial charge >= 0.3 is 11.9 Å². The van der Waals surface area contributed by atoms with E-state index < -0.39 is 0 Å². The van der Waals surface area contributed by atoms with Crippen LogP contribution < -0.4 is 13.9 Å². The molecule has 5 atom stereocenters. The maximum atomic E-state index is 13.0. The minimum Gasteiger partial charge on any atom is -0.458 e. The van der Waals surface area contributed by atoms with E-state index in [2.05, 4.69) is 19.1 Å². The van der Waals surface area contributed by atoms with Gasteiger partial charge in [0, 0.05) is 17.5 Å². The molecule has 196 valence electrons. The first-order valence-corrected chi connectivity index (χ1v) is 13.8. The van der Waals surface area contributed by atoms with Gasteiger partial charge in [-0.15, -0.1) is 0 Å². The third-order valence-corrected chi connectivity index (χ3v) is 9.42. The number of aromatic nitrogens is 2. The van der Waals surface area contributed by atoms with Gasteiger partial charge in [0.25, 0.3) is 0 Å². The molecule has 2 heterocycles. The smallest absolute Gasteiger partial charge is 0.349 e. The van der Waals surface area contributed by atoms with Crippen LogP contribution in [0.3, 0.4) is 0 Å². The highest BCUT2D eigenvalue weighted by atomic mass is 16.5. The predicted octanol–water partition coefficient (Wildman–Crippen LogP) is 4.64. The van der Waals surface area contributed by atoms with E-state index in [0.717, 1.165) is 38.5 Å². The first-order chi connectivity index (χ1) is 18.3. The summed E-state index contributed by atoms with van der Waals surface area (Å²) in [4.78, 5) is 25.6. The Kier molecular flexibility index (Phi) is 6.29. The molecule has 0 N–H and O–H groups in total. The summed E-state index contributed by atoms with van der Waals surface area (Å²) in [7, 11) is 3.81. The van der Waals surface area contributed by atoms with Gasteiger partial charge in [-0.05, 0) is 91.7 Å². The highest BCUT2D eigenvalue weighted by molar-refractivity contribution is 5.90. The molecular formula is C32H36N2O4+2. The van der Waals surface area contributed by atoms with Crippen molar-refractivity contribution in [1.82, 2.24) is 0 Å². The molecule has 0 unspecified atom stereocenters. The average Bonchev–Trinajstić information content (AvgIpc) is 3.24. The summed E-state index contributed by atoms with van der Waals surface area (Å²) in [5, 5.41) is 0. The maximum Gasteiger partial charge on any atom is 0.349 e. The van der Waals surface area contributed by atoms with Crippen LogP contribution in [0.5, 0.6) is 5.75 Å². The number of hydrogen-bond acceptors (Lipinski definition) is 4. The van der Waals surface area contributed by atoms with Gasteiger partial charge in [-0.3, -0.25) is 0 Å². The summed E-state index contributed by atoms with van der Waals surface area (Å²) >= 11 is 0. The van der Waals surface area contributed by atoms with Gasteiger partial charge in [-0.2, -0.15) is 0 Å². The lowest BCUT2D eigenvalue weighted by Gasteiger charge is -2.50. The van der Waals surface area contributed by atoms with Crippen molar-refractivity contribution in [2.24, 2.45) is 31.3 Å². The Hall–Kier alpha value is -3.54. The molecule has 0 bridgehead atoms. The second-order valence-corrected chi connectivity index (χ2v) is 11.7. The van der Waals surface area contributed by atoms with E-state index in [4.69, 9.17) is 9.47 Å². The molecular weight excluding hydrogens is 476 g/mol. The summed E-state index contributed by atoms with van der Waals surface area (Å²) < 4.78 is 15.6. The zero-order valence-corrected chi connectivity index (χ0v) is 22.4. The zero-order valence-electron chi connectivity index (χ0n) is 22.4. The number of nitrogens with zero attached hydrogens (tertiary/aromatic N) is 2. The van der Waals surface area contributed by atoms with Crippen LogP contribution in [-0.2, 0) is 25.3 Å². The first kappa shape index (κ1) is 24.8. The molecule has 0 spiro atoms. The van der Waals surface area contributed by atoms with E-state index in [-0.39, 0.29) is 23.5 Å². The number of carbonyl (C=O) groups excluding carboxylic acids is 2. The van der Waals surface area contributed by atoms with Crippen LogP contribution in [0, 0.1) is 17.3 Å². The van der Waals surface area contributed by atoms with Crippen LogP contribution in [0.25, 0.3) is 0 Å². The van der Waals surface area contributed by atoms with Crippen molar-refractivity contribution >= 4 is 11.9 Å². The molecule has 3 aliphatic rings. The standard InChI is InChI=1S/C32H36N2O4/c1-32-15-14-26-25-11-9-24(37-30(35)22-6-4-16-33(2)19-22)18-21(25)8-10-27(26)28(32)12-13-29(32)38-31(36)23-7-5-17-34(3)20-23/h4-7,9,11,16-20,26-29H,8,10,12-15H2,1-3H3/q+2/t26-,27-,28+,29+,32+/m1/s1. The Balaban J connectivity index is 1.16. The monoisotopic (exact) mass is 512 g/mol. The molecule has 3 aromatic rings. The third kappa shape index (κ3) is 4.40.